The van der Waals surface area contributed by atoms with E-state index in [1.54, 1.807) is 12.1 Å². The molecule has 1 aromatic rings. The van der Waals surface area contributed by atoms with E-state index in [0.717, 1.165) is 3.57 Å². The van der Waals surface area contributed by atoms with Gasteiger partial charge in [-0.05, 0) is 40.8 Å². The Balaban J connectivity index is 2.53. The molecule has 0 amide bonds. The van der Waals surface area contributed by atoms with Gasteiger partial charge in [0, 0.05) is 15.3 Å². The van der Waals surface area contributed by atoms with Crippen LogP contribution in [0.3, 0.4) is 0 Å². The summed E-state index contributed by atoms with van der Waals surface area (Å²) in [7, 11) is 0. The quantitative estimate of drug-likeness (QED) is 0.636. The van der Waals surface area contributed by atoms with E-state index in [9.17, 15) is 9.59 Å². The minimum absolute atomic E-state index is 0.386. The van der Waals surface area contributed by atoms with Crippen LogP contribution in [0.2, 0.25) is 0 Å². The third-order valence-electron chi connectivity index (χ3n) is 2.14. The summed E-state index contributed by atoms with van der Waals surface area (Å²) in [5.74, 6) is -2.70. The number of fused-ring (bicyclic) bond motifs is 1. The molecule has 1 aromatic carbocycles. The highest BCUT2D eigenvalue weighted by atomic mass is 127. The van der Waals surface area contributed by atoms with E-state index in [1.807, 2.05) is 6.07 Å². The van der Waals surface area contributed by atoms with Crippen LogP contribution in [0.5, 0.6) is 0 Å². The molecule has 0 saturated carbocycles. The van der Waals surface area contributed by atoms with Crippen molar-refractivity contribution in [3.05, 3.63) is 27.3 Å². The van der Waals surface area contributed by atoms with Crippen LogP contribution in [0.4, 0.5) is 5.69 Å². The zero-order valence-corrected chi connectivity index (χ0v) is 9.63. The van der Waals surface area contributed by atoms with E-state index >= 15 is 0 Å². The van der Waals surface area contributed by atoms with Gasteiger partial charge in [0.1, 0.15) is 0 Å². The van der Waals surface area contributed by atoms with Crippen molar-refractivity contribution in [2.75, 3.05) is 0 Å². The lowest BCUT2D eigenvalue weighted by Gasteiger charge is -2.13. The number of carbonyl (C=O) groups is 2. The third-order valence-corrected chi connectivity index (χ3v) is 2.81. The van der Waals surface area contributed by atoms with Gasteiger partial charge >= 0.3 is 5.97 Å². The summed E-state index contributed by atoms with van der Waals surface area (Å²) in [6.45, 7) is 0. The molecule has 0 aromatic heterocycles. The molecule has 0 radical (unpaired) electrons. The van der Waals surface area contributed by atoms with Crippen molar-refractivity contribution in [2.45, 2.75) is 0 Å². The second kappa shape index (κ2) is 3.73. The first-order valence-electron chi connectivity index (χ1n) is 4.20. The average molecular weight is 315 g/mol. The lowest BCUT2D eigenvalue weighted by Crippen LogP contribution is -2.27. The zero-order chi connectivity index (χ0) is 11.0. The Morgan fingerprint density at radius 2 is 2.20 bits per heavy atom. The number of ketones is 1. The van der Waals surface area contributed by atoms with Crippen molar-refractivity contribution in [1.82, 2.24) is 0 Å². The summed E-state index contributed by atoms with van der Waals surface area (Å²) in [6.07, 6.45) is 1.18. The second-order valence-corrected chi connectivity index (χ2v) is 4.37. The molecule has 1 unspecified atom stereocenters. The number of rotatable bonds is 1. The minimum Gasteiger partial charge on any atom is -0.480 e. The molecular weight excluding hydrogens is 309 g/mol. The molecule has 1 heterocycles. The van der Waals surface area contributed by atoms with Crippen LogP contribution < -0.4 is 0 Å². The van der Waals surface area contributed by atoms with Gasteiger partial charge in [-0.3, -0.25) is 14.6 Å². The Hall–Kier alpha value is -1.24. The third kappa shape index (κ3) is 1.79. The maximum absolute atomic E-state index is 11.7. The van der Waals surface area contributed by atoms with E-state index < -0.39 is 17.7 Å². The van der Waals surface area contributed by atoms with E-state index in [2.05, 4.69) is 27.6 Å². The number of aliphatic carboxylic acids is 1. The highest BCUT2D eigenvalue weighted by Gasteiger charge is 2.30. The molecule has 0 spiro atoms. The number of carboxylic acid groups (broad SMARTS) is 1. The zero-order valence-electron chi connectivity index (χ0n) is 7.48. The van der Waals surface area contributed by atoms with E-state index in [1.165, 1.54) is 6.21 Å². The van der Waals surface area contributed by atoms with Gasteiger partial charge in [-0.15, -0.1) is 0 Å². The van der Waals surface area contributed by atoms with Gasteiger partial charge in [0.05, 0.1) is 5.69 Å². The predicted molar refractivity (Wildman–Crippen MR) is 62.8 cm³/mol. The Morgan fingerprint density at radius 3 is 2.87 bits per heavy atom. The molecule has 1 aliphatic rings. The van der Waals surface area contributed by atoms with Crippen LogP contribution in [0, 0.1) is 9.49 Å². The predicted octanol–water partition coefficient (Wildman–Crippen LogP) is 1.89. The summed E-state index contributed by atoms with van der Waals surface area (Å²) >= 11 is 2.07. The standard InChI is InChI=1S/C10H6INO3/c11-5-1-2-8-6(3-5)9(13)7(4-12-8)10(14)15/h1-4,7H,(H,14,15). The number of carboxylic acids is 1. The normalized spacial score (nSPS) is 18.7. The average Bonchev–Trinajstić information content (AvgIpc) is 2.19. The van der Waals surface area contributed by atoms with Crippen LogP contribution in [0.25, 0.3) is 0 Å². The van der Waals surface area contributed by atoms with Crippen LogP contribution in [-0.4, -0.2) is 23.1 Å². The highest BCUT2D eigenvalue weighted by molar-refractivity contribution is 14.1. The number of carbonyl (C=O) groups excluding carboxylic acids is 1. The van der Waals surface area contributed by atoms with Gasteiger partial charge < -0.3 is 5.11 Å². The maximum Gasteiger partial charge on any atom is 0.319 e. The Morgan fingerprint density at radius 1 is 1.47 bits per heavy atom. The largest absolute Gasteiger partial charge is 0.480 e. The number of benzene rings is 1. The van der Waals surface area contributed by atoms with Crippen molar-refractivity contribution >= 4 is 46.2 Å². The van der Waals surface area contributed by atoms with E-state index in [0.29, 0.717) is 11.3 Å². The molecule has 1 atom stereocenters. The van der Waals surface area contributed by atoms with Crippen LogP contribution >= 0.6 is 22.6 Å². The molecule has 5 heteroatoms. The van der Waals surface area contributed by atoms with Crippen molar-refractivity contribution in [2.24, 2.45) is 10.9 Å². The second-order valence-electron chi connectivity index (χ2n) is 3.12. The highest BCUT2D eigenvalue weighted by Crippen LogP contribution is 2.27. The molecule has 0 fully saturated rings. The first kappa shape index (κ1) is 10.3. The molecular formula is C10H6INO3. The summed E-state index contributed by atoms with van der Waals surface area (Å²) in [6, 6.07) is 5.19. The van der Waals surface area contributed by atoms with Crippen molar-refractivity contribution < 1.29 is 14.7 Å². The number of hydrogen-bond acceptors (Lipinski definition) is 3. The topological polar surface area (TPSA) is 66.7 Å². The summed E-state index contributed by atoms with van der Waals surface area (Å²) in [4.78, 5) is 26.4. The van der Waals surface area contributed by atoms with Gasteiger partial charge in [-0.25, -0.2) is 0 Å². The maximum atomic E-state index is 11.7. The SMILES string of the molecule is O=C(O)C1C=Nc2ccc(I)cc2C1=O. The Labute approximate surface area is 99.2 Å². The number of Topliss-reactive ketones (excluding diaryl/α,β-unsaturated/α-hetero) is 1. The summed E-state index contributed by atoms with van der Waals surface area (Å²) < 4.78 is 0.890. The van der Waals surface area contributed by atoms with Gasteiger partial charge in [-0.2, -0.15) is 0 Å². The van der Waals surface area contributed by atoms with Crippen molar-refractivity contribution in [3.63, 3.8) is 0 Å². The molecule has 2 rings (SSSR count). The monoisotopic (exact) mass is 315 g/mol. The van der Waals surface area contributed by atoms with Gasteiger partial charge in [-0.1, -0.05) is 0 Å². The number of nitrogens with zero attached hydrogens (tertiary/aromatic N) is 1. The van der Waals surface area contributed by atoms with Crippen LogP contribution in [-0.2, 0) is 4.79 Å². The van der Waals surface area contributed by atoms with E-state index in [-0.39, 0.29) is 0 Å². The number of halogens is 1. The first-order valence-corrected chi connectivity index (χ1v) is 5.28. The van der Waals surface area contributed by atoms with Gasteiger partial charge in [0.15, 0.2) is 11.7 Å². The van der Waals surface area contributed by atoms with Gasteiger partial charge in [0.2, 0.25) is 0 Å². The fraction of sp³-hybridized carbons (Fsp3) is 0.100. The van der Waals surface area contributed by atoms with Crippen molar-refractivity contribution in [3.8, 4) is 0 Å². The van der Waals surface area contributed by atoms with Crippen molar-refractivity contribution in [1.29, 1.82) is 0 Å². The fourth-order valence-electron chi connectivity index (χ4n) is 1.38. The Kier molecular flexibility index (Phi) is 2.56. The van der Waals surface area contributed by atoms with Crippen LogP contribution in [0.15, 0.2) is 23.2 Å². The molecule has 1 N–H and O–H groups in total. The molecule has 0 bridgehead atoms. The number of aliphatic imine (C=N–C) groups is 1. The van der Waals surface area contributed by atoms with Crippen LogP contribution in [0.1, 0.15) is 10.4 Å². The molecule has 1 aliphatic heterocycles. The smallest absolute Gasteiger partial charge is 0.319 e. The lowest BCUT2D eigenvalue weighted by molar-refractivity contribution is -0.137. The van der Waals surface area contributed by atoms with E-state index in [4.69, 9.17) is 5.11 Å². The van der Waals surface area contributed by atoms with Gasteiger partial charge in [0.25, 0.3) is 0 Å². The molecule has 0 aliphatic carbocycles. The molecule has 4 nitrogen and oxygen atoms in total. The first-order chi connectivity index (χ1) is 7.09. The molecule has 0 saturated heterocycles. The molecule has 76 valence electrons. The fourth-order valence-corrected chi connectivity index (χ4v) is 1.88. The minimum atomic E-state index is -1.16. The summed E-state index contributed by atoms with van der Waals surface area (Å²) in [5, 5.41) is 8.79. The number of hydrogen-bond donors (Lipinski definition) is 1. The summed E-state index contributed by atoms with van der Waals surface area (Å²) in [5.41, 5.74) is 0.926. The molecule has 15 heavy (non-hydrogen) atoms. The Bertz CT molecular complexity index is 482. The lowest BCUT2D eigenvalue weighted by atomic mass is 9.95.